The molecule has 2 nitrogen and oxygen atoms in total. The summed E-state index contributed by atoms with van der Waals surface area (Å²) in [5.74, 6) is 0. The Morgan fingerprint density at radius 1 is 0.377 bits per heavy atom. The molecule has 1 aliphatic rings. The highest BCUT2D eigenvalue weighted by molar-refractivity contribution is 6.33. The van der Waals surface area contributed by atoms with Gasteiger partial charge in [-0.15, -0.1) is 0 Å². The number of rotatable bonds is 5. The highest BCUT2D eigenvalue weighted by Gasteiger charge is 2.36. The second-order valence-electron chi connectivity index (χ2n) is 17.3. The molecule has 0 fully saturated rings. The molecule has 12 aromatic rings. The fraction of sp³-hybridized carbons (Fsp3) is 0.0508. The van der Waals surface area contributed by atoms with Crippen molar-refractivity contribution in [3.8, 4) is 27.9 Å². The number of hydrogen-bond acceptors (Lipinski definition) is 1. The maximum absolute atomic E-state index is 2.46. The molecule has 0 radical (unpaired) electrons. The molecule has 0 unspecified atom stereocenters. The molecule has 11 aromatic carbocycles. The Bertz CT molecular complexity index is 3700. The Labute approximate surface area is 354 Å². The first-order chi connectivity index (χ1) is 30.0. The first-order valence-electron chi connectivity index (χ1n) is 21.3. The van der Waals surface area contributed by atoms with E-state index in [0.29, 0.717) is 0 Å². The molecule has 0 bridgehead atoms. The fourth-order valence-corrected chi connectivity index (χ4v) is 10.8. The summed E-state index contributed by atoms with van der Waals surface area (Å²) in [5.41, 5.74) is 14.7. The molecule has 0 saturated heterocycles. The van der Waals surface area contributed by atoms with Gasteiger partial charge in [0, 0.05) is 38.6 Å². The Hall–Kier alpha value is -7.68. The maximum Gasteiger partial charge on any atom is 0.0553 e. The van der Waals surface area contributed by atoms with Crippen LogP contribution in [0, 0.1) is 0 Å². The molecule has 0 amide bonds. The standard InChI is InChI=1S/C59H40N2/c1-59(2)51-34-41(26-29-47(51)48-31-28-45(36-52(48)59)60(43-17-5-3-6-18-43)53-22-12-14-37-13-9-10-21-46(37)53)40-27-32-54-50(33-40)58-49-30-25-39-16-11-15-38-23-24-42(57(49)56(38)39)35-55(58)61(54)44-19-7-4-8-20-44/h3-36H,1-2H3. The number of fused-ring (bicyclic) bond motifs is 8. The van der Waals surface area contributed by atoms with Crippen LogP contribution in [0.5, 0.6) is 0 Å². The van der Waals surface area contributed by atoms with Crippen LogP contribution < -0.4 is 4.90 Å². The molecule has 1 aromatic heterocycles. The zero-order valence-corrected chi connectivity index (χ0v) is 34.0. The molecule has 61 heavy (non-hydrogen) atoms. The van der Waals surface area contributed by atoms with E-state index in [2.05, 4.69) is 230 Å². The first kappa shape index (κ1) is 34.2. The van der Waals surface area contributed by atoms with Gasteiger partial charge >= 0.3 is 0 Å². The Kier molecular flexibility index (Phi) is 7.10. The molecule has 1 heterocycles. The van der Waals surface area contributed by atoms with Gasteiger partial charge in [-0.2, -0.15) is 0 Å². The van der Waals surface area contributed by atoms with E-state index in [1.165, 1.54) is 110 Å². The van der Waals surface area contributed by atoms with Crippen molar-refractivity contribution in [3.63, 3.8) is 0 Å². The van der Waals surface area contributed by atoms with E-state index < -0.39 is 0 Å². The topological polar surface area (TPSA) is 8.17 Å². The van der Waals surface area contributed by atoms with E-state index in [-0.39, 0.29) is 5.41 Å². The number of nitrogens with zero attached hydrogens (tertiary/aromatic N) is 2. The van der Waals surface area contributed by atoms with Crippen LogP contribution in [0.25, 0.3) is 92.8 Å². The summed E-state index contributed by atoms with van der Waals surface area (Å²) in [6, 6.07) is 76.6. The van der Waals surface area contributed by atoms with E-state index in [1.807, 2.05) is 0 Å². The summed E-state index contributed by atoms with van der Waals surface area (Å²) in [7, 11) is 0. The van der Waals surface area contributed by atoms with Crippen molar-refractivity contribution in [1.29, 1.82) is 0 Å². The van der Waals surface area contributed by atoms with Crippen LogP contribution in [-0.4, -0.2) is 4.57 Å². The van der Waals surface area contributed by atoms with Crippen molar-refractivity contribution in [2.75, 3.05) is 4.90 Å². The Morgan fingerprint density at radius 2 is 1.02 bits per heavy atom. The van der Waals surface area contributed by atoms with Gasteiger partial charge in [0.2, 0.25) is 0 Å². The molecule has 0 spiro atoms. The summed E-state index contributed by atoms with van der Waals surface area (Å²) in [6.45, 7) is 4.79. The zero-order chi connectivity index (χ0) is 40.4. The average molecular weight is 777 g/mol. The van der Waals surface area contributed by atoms with Crippen LogP contribution in [0.15, 0.2) is 206 Å². The molecule has 286 valence electrons. The molecule has 0 aliphatic heterocycles. The number of para-hydroxylation sites is 2. The average Bonchev–Trinajstić information content (AvgIpc) is 3.76. The van der Waals surface area contributed by atoms with Crippen LogP contribution in [0.2, 0.25) is 0 Å². The highest BCUT2D eigenvalue weighted by atomic mass is 15.1. The normalized spacial score (nSPS) is 13.2. The van der Waals surface area contributed by atoms with Crippen LogP contribution in [0.3, 0.4) is 0 Å². The van der Waals surface area contributed by atoms with Crippen LogP contribution >= 0.6 is 0 Å². The van der Waals surface area contributed by atoms with Crippen molar-refractivity contribution >= 4 is 82.0 Å². The predicted octanol–water partition coefficient (Wildman–Crippen LogP) is 16.3. The van der Waals surface area contributed by atoms with Gasteiger partial charge in [0.25, 0.3) is 0 Å². The second-order valence-corrected chi connectivity index (χ2v) is 17.3. The lowest BCUT2D eigenvalue weighted by Crippen LogP contribution is -2.16. The quantitative estimate of drug-likeness (QED) is 0.158. The number of aromatic nitrogens is 1. The van der Waals surface area contributed by atoms with Crippen molar-refractivity contribution in [2.24, 2.45) is 0 Å². The minimum atomic E-state index is -0.210. The predicted molar refractivity (Wildman–Crippen MR) is 260 cm³/mol. The molecule has 0 atom stereocenters. The van der Waals surface area contributed by atoms with Crippen molar-refractivity contribution in [2.45, 2.75) is 19.3 Å². The monoisotopic (exact) mass is 776 g/mol. The van der Waals surface area contributed by atoms with Crippen LogP contribution in [0.4, 0.5) is 17.1 Å². The Morgan fingerprint density at radius 3 is 1.85 bits per heavy atom. The van der Waals surface area contributed by atoms with Gasteiger partial charge in [0.1, 0.15) is 0 Å². The van der Waals surface area contributed by atoms with Crippen molar-refractivity contribution in [3.05, 3.63) is 217 Å². The number of anilines is 3. The summed E-state index contributed by atoms with van der Waals surface area (Å²) in [4.78, 5) is 2.42. The van der Waals surface area contributed by atoms with E-state index in [0.717, 1.165) is 11.4 Å². The highest BCUT2D eigenvalue weighted by Crippen LogP contribution is 2.52. The van der Waals surface area contributed by atoms with Gasteiger partial charge in [0.05, 0.1) is 16.7 Å². The van der Waals surface area contributed by atoms with Gasteiger partial charge < -0.3 is 9.47 Å². The van der Waals surface area contributed by atoms with Gasteiger partial charge in [0.15, 0.2) is 0 Å². The van der Waals surface area contributed by atoms with Gasteiger partial charge in [-0.3, -0.25) is 0 Å². The third kappa shape index (κ3) is 4.91. The first-order valence-corrected chi connectivity index (χ1v) is 21.3. The van der Waals surface area contributed by atoms with E-state index in [1.54, 1.807) is 0 Å². The summed E-state index contributed by atoms with van der Waals surface area (Å²) in [5, 5.41) is 12.9. The summed E-state index contributed by atoms with van der Waals surface area (Å²) >= 11 is 0. The lowest BCUT2D eigenvalue weighted by molar-refractivity contribution is 0.660. The minimum Gasteiger partial charge on any atom is -0.310 e. The second kappa shape index (κ2) is 12.7. The van der Waals surface area contributed by atoms with Crippen LogP contribution in [0.1, 0.15) is 25.0 Å². The molecular formula is C59H40N2. The largest absolute Gasteiger partial charge is 0.310 e. The molecule has 0 saturated carbocycles. The minimum absolute atomic E-state index is 0.210. The van der Waals surface area contributed by atoms with Gasteiger partial charge in [-0.05, 0) is 138 Å². The molecule has 0 N–H and O–H groups in total. The third-order valence-electron chi connectivity index (χ3n) is 13.7. The number of hydrogen-bond donors (Lipinski definition) is 0. The lowest BCUT2D eigenvalue weighted by Gasteiger charge is -2.29. The number of benzene rings is 11. The molecule has 13 rings (SSSR count). The van der Waals surface area contributed by atoms with E-state index in [4.69, 9.17) is 0 Å². The maximum atomic E-state index is 2.46. The third-order valence-corrected chi connectivity index (χ3v) is 13.7. The van der Waals surface area contributed by atoms with Crippen molar-refractivity contribution in [1.82, 2.24) is 4.57 Å². The van der Waals surface area contributed by atoms with Gasteiger partial charge in [-0.25, -0.2) is 0 Å². The van der Waals surface area contributed by atoms with E-state index >= 15 is 0 Å². The van der Waals surface area contributed by atoms with Crippen LogP contribution in [-0.2, 0) is 5.41 Å². The summed E-state index contributed by atoms with van der Waals surface area (Å²) < 4.78 is 2.46. The molecule has 2 heteroatoms. The zero-order valence-electron chi connectivity index (χ0n) is 34.0. The van der Waals surface area contributed by atoms with Crippen molar-refractivity contribution < 1.29 is 0 Å². The fourth-order valence-electron chi connectivity index (χ4n) is 10.8. The Balaban J connectivity index is 0.975. The SMILES string of the molecule is CC1(C)c2cc(-c3ccc4c(c3)c3c5ccc6cccc7ccc(cc3n4-c3ccccc3)c5c76)ccc2-c2ccc(N(c3ccccc3)c3cccc4ccccc34)cc21. The van der Waals surface area contributed by atoms with Gasteiger partial charge in [-0.1, -0.05) is 153 Å². The summed E-state index contributed by atoms with van der Waals surface area (Å²) in [6.07, 6.45) is 0. The smallest absolute Gasteiger partial charge is 0.0553 e. The molecular weight excluding hydrogens is 737 g/mol. The molecule has 1 aliphatic carbocycles. The van der Waals surface area contributed by atoms with E-state index in [9.17, 15) is 0 Å². The lowest BCUT2D eigenvalue weighted by atomic mass is 9.81.